The quantitative estimate of drug-likeness (QED) is 0.706. The van der Waals surface area contributed by atoms with Gasteiger partial charge in [0.15, 0.2) is 6.04 Å². The van der Waals surface area contributed by atoms with Crippen molar-refractivity contribution in [3.63, 3.8) is 0 Å². The van der Waals surface area contributed by atoms with Crippen LogP contribution in [0.5, 0.6) is 5.75 Å². The van der Waals surface area contributed by atoms with Gasteiger partial charge in [0.05, 0.1) is 13.2 Å². The summed E-state index contributed by atoms with van der Waals surface area (Å²) in [6.07, 6.45) is 2.61. The lowest BCUT2D eigenvalue weighted by Crippen LogP contribution is -2.56. The summed E-state index contributed by atoms with van der Waals surface area (Å²) >= 11 is 0. The second-order valence-corrected chi connectivity index (χ2v) is 9.30. The number of ether oxygens (including phenoxy) is 3. The molecule has 176 valence electrons. The summed E-state index contributed by atoms with van der Waals surface area (Å²) in [4.78, 5) is 34.1. The van der Waals surface area contributed by atoms with Crippen LogP contribution in [0.3, 0.4) is 0 Å². The molecule has 2 aliphatic rings. The normalized spacial score (nSPS) is 23.3. The van der Waals surface area contributed by atoms with Gasteiger partial charge in [-0.2, -0.15) is 0 Å². The molecule has 0 N–H and O–H groups in total. The lowest BCUT2D eigenvalue weighted by molar-refractivity contribution is -0.145. The smallest absolute Gasteiger partial charge is 0.411 e. The second-order valence-electron chi connectivity index (χ2n) is 9.30. The minimum Gasteiger partial charge on any atom is -0.488 e. The first-order chi connectivity index (χ1) is 15.8. The van der Waals surface area contributed by atoms with E-state index in [-0.39, 0.29) is 12.0 Å². The molecule has 8 nitrogen and oxygen atoms in total. The summed E-state index contributed by atoms with van der Waals surface area (Å²) in [6, 6.07) is 12.6. The number of hydrogen-bond acceptors (Lipinski definition) is 6. The van der Waals surface area contributed by atoms with Gasteiger partial charge >= 0.3 is 6.09 Å². The van der Waals surface area contributed by atoms with E-state index < -0.39 is 23.8 Å². The molecule has 2 saturated heterocycles. The Hall–Kier alpha value is -3.13. The van der Waals surface area contributed by atoms with E-state index in [0.717, 1.165) is 5.56 Å². The van der Waals surface area contributed by atoms with Crippen LogP contribution in [0.25, 0.3) is 0 Å². The molecular formula is C25H31N3O5. The van der Waals surface area contributed by atoms with Crippen molar-refractivity contribution in [2.24, 2.45) is 0 Å². The van der Waals surface area contributed by atoms with Crippen LogP contribution in [0.4, 0.5) is 4.79 Å². The zero-order chi connectivity index (χ0) is 23.4. The fraction of sp³-hybridized carbons (Fsp3) is 0.480. The molecule has 0 spiro atoms. The molecule has 1 aromatic carbocycles. The highest BCUT2D eigenvalue weighted by Crippen LogP contribution is 2.29. The second kappa shape index (κ2) is 9.79. The van der Waals surface area contributed by atoms with Gasteiger partial charge in [-0.3, -0.25) is 14.7 Å². The van der Waals surface area contributed by atoms with Gasteiger partial charge in [-0.1, -0.05) is 30.3 Å². The summed E-state index contributed by atoms with van der Waals surface area (Å²) in [7, 11) is 0. The Labute approximate surface area is 194 Å². The number of pyridine rings is 1. The highest BCUT2D eigenvalue weighted by molar-refractivity contribution is 5.87. The topological polar surface area (TPSA) is 81.2 Å². The molecule has 0 bridgehead atoms. The standard InChI is InChI=1S/C25H31N3O5/c1-25(2,3)33-24(30)28-14-11-20(32-19-9-12-26-13-10-19)22(28)23(29)27-15-16-31-21(17-27)18-7-5-4-6-8-18/h4-10,12-13,20-22H,11,14-17H2,1-3H3/t20-,21+,22+/m1/s1. The largest absolute Gasteiger partial charge is 0.488 e. The van der Waals surface area contributed by atoms with Crippen LogP contribution < -0.4 is 4.74 Å². The van der Waals surface area contributed by atoms with E-state index in [2.05, 4.69) is 4.98 Å². The average molecular weight is 454 g/mol. The maximum atomic E-state index is 13.8. The summed E-state index contributed by atoms with van der Waals surface area (Å²) in [5.74, 6) is 0.463. The molecule has 8 heteroatoms. The van der Waals surface area contributed by atoms with Gasteiger partial charge in [-0.05, 0) is 38.5 Å². The number of benzene rings is 1. The van der Waals surface area contributed by atoms with E-state index in [1.807, 2.05) is 51.1 Å². The van der Waals surface area contributed by atoms with E-state index in [9.17, 15) is 9.59 Å². The van der Waals surface area contributed by atoms with E-state index in [1.165, 1.54) is 4.90 Å². The van der Waals surface area contributed by atoms with Crippen molar-refractivity contribution in [1.29, 1.82) is 0 Å². The molecule has 0 aliphatic carbocycles. The zero-order valence-corrected chi connectivity index (χ0v) is 19.3. The van der Waals surface area contributed by atoms with Crippen LogP contribution in [-0.2, 0) is 14.3 Å². The first kappa shape index (κ1) is 23.0. The molecule has 33 heavy (non-hydrogen) atoms. The molecule has 0 radical (unpaired) electrons. The molecular weight excluding hydrogens is 422 g/mol. The van der Waals surface area contributed by atoms with Gasteiger partial charge in [0.2, 0.25) is 5.91 Å². The van der Waals surface area contributed by atoms with Crippen molar-refractivity contribution in [2.75, 3.05) is 26.2 Å². The summed E-state index contributed by atoms with van der Waals surface area (Å²) in [5, 5.41) is 0. The van der Waals surface area contributed by atoms with Gasteiger partial charge in [0.1, 0.15) is 23.6 Å². The third kappa shape index (κ3) is 5.63. The summed E-state index contributed by atoms with van der Waals surface area (Å²) < 4.78 is 17.7. The number of aromatic nitrogens is 1. The molecule has 3 atom stereocenters. The minimum absolute atomic E-state index is 0.151. The SMILES string of the molecule is CC(C)(C)OC(=O)N1CC[C@@H](Oc2ccncc2)[C@H]1C(=O)N1CCO[C@H](c2ccccc2)C1. The van der Waals surface area contributed by atoms with Crippen molar-refractivity contribution in [3.05, 3.63) is 60.4 Å². The van der Waals surface area contributed by atoms with Gasteiger partial charge in [-0.25, -0.2) is 4.79 Å². The molecule has 2 fully saturated rings. The van der Waals surface area contributed by atoms with Crippen molar-refractivity contribution in [1.82, 2.24) is 14.8 Å². The van der Waals surface area contributed by atoms with Crippen LogP contribution in [0.2, 0.25) is 0 Å². The fourth-order valence-electron chi connectivity index (χ4n) is 4.20. The van der Waals surface area contributed by atoms with Crippen molar-refractivity contribution in [3.8, 4) is 5.75 Å². The van der Waals surface area contributed by atoms with Gasteiger partial charge in [-0.15, -0.1) is 0 Å². The van der Waals surface area contributed by atoms with Crippen LogP contribution in [0.15, 0.2) is 54.9 Å². The molecule has 0 saturated carbocycles. The van der Waals surface area contributed by atoms with Gasteiger partial charge in [0, 0.05) is 31.9 Å². The Bertz CT molecular complexity index is 948. The summed E-state index contributed by atoms with van der Waals surface area (Å²) in [5.41, 5.74) is 0.363. The Morgan fingerprint density at radius 3 is 2.48 bits per heavy atom. The van der Waals surface area contributed by atoms with E-state index in [1.54, 1.807) is 29.4 Å². The summed E-state index contributed by atoms with van der Waals surface area (Å²) in [6.45, 7) is 7.14. The minimum atomic E-state index is -0.775. The predicted molar refractivity (Wildman–Crippen MR) is 122 cm³/mol. The molecule has 0 unspecified atom stereocenters. The van der Waals surface area contributed by atoms with E-state index in [0.29, 0.717) is 38.4 Å². The number of carbonyl (C=O) groups is 2. The molecule has 2 aromatic rings. The number of morpholine rings is 1. The van der Waals surface area contributed by atoms with Gasteiger partial charge < -0.3 is 19.1 Å². The molecule has 2 amide bonds. The predicted octanol–water partition coefficient (Wildman–Crippen LogP) is 3.44. The fourth-order valence-corrected chi connectivity index (χ4v) is 4.20. The molecule has 1 aromatic heterocycles. The number of carbonyl (C=O) groups excluding carboxylic acids is 2. The lowest BCUT2D eigenvalue weighted by atomic mass is 10.1. The third-order valence-corrected chi connectivity index (χ3v) is 5.71. The maximum Gasteiger partial charge on any atom is 0.411 e. The van der Waals surface area contributed by atoms with Crippen LogP contribution in [0.1, 0.15) is 38.9 Å². The molecule has 3 heterocycles. The average Bonchev–Trinajstić information content (AvgIpc) is 3.22. The van der Waals surface area contributed by atoms with Crippen LogP contribution >= 0.6 is 0 Å². The maximum absolute atomic E-state index is 13.8. The van der Waals surface area contributed by atoms with Crippen molar-refractivity contribution < 1.29 is 23.8 Å². The number of hydrogen-bond donors (Lipinski definition) is 0. The van der Waals surface area contributed by atoms with E-state index >= 15 is 0 Å². The first-order valence-corrected chi connectivity index (χ1v) is 11.3. The van der Waals surface area contributed by atoms with Crippen LogP contribution in [-0.4, -0.2) is 70.8 Å². The Kier molecular flexibility index (Phi) is 6.83. The van der Waals surface area contributed by atoms with Crippen LogP contribution in [0, 0.1) is 0 Å². The third-order valence-electron chi connectivity index (χ3n) is 5.71. The zero-order valence-electron chi connectivity index (χ0n) is 19.3. The van der Waals surface area contributed by atoms with E-state index in [4.69, 9.17) is 14.2 Å². The lowest BCUT2D eigenvalue weighted by Gasteiger charge is -2.37. The number of amides is 2. The Balaban J connectivity index is 1.55. The highest BCUT2D eigenvalue weighted by Gasteiger charge is 2.47. The monoisotopic (exact) mass is 453 g/mol. The molecule has 2 aliphatic heterocycles. The first-order valence-electron chi connectivity index (χ1n) is 11.3. The number of rotatable bonds is 4. The number of nitrogens with zero attached hydrogens (tertiary/aromatic N) is 3. The Morgan fingerprint density at radius 2 is 1.79 bits per heavy atom. The Morgan fingerprint density at radius 1 is 1.06 bits per heavy atom. The number of likely N-dealkylation sites (tertiary alicyclic amines) is 1. The highest BCUT2D eigenvalue weighted by atomic mass is 16.6. The van der Waals surface area contributed by atoms with Gasteiger partial charge in [0.25, 0.3) is 0 Å². The van der Waals surface area contributed by atoms with Crippen molar-refractivity contribution in [2.45, 2.75) is 51.0 Å². The van der Waals surface area contributed by atoms with Crippen molar-refractivity contribution >= 4 is 12.0 Å². The molecule has 4 rings (SSSR count).